The molecule has 1 unspecified atom stereocenters. The van der Waals surface area contributed by atoms with Crippen LogP contribution in [0.4, 0.5) is 11.6 Å². The number of piperazine rings is 1. The number of aryl methyl sites for hydroxylation is 3. The molecule has 0 aliphatic carbocycles. The molecule has 6 heteroatoms. The van der Waals surface area contributed by atoms with Gasteiger partial charge in [0.15, 0.2) is 0 Å². The van der Waals surface area contributed by atoms with E-state index in [0.29, 0.717) is 5.88 Å². The first kappa shape index (κ1) is 17.5. The SMILES string of the molecule is Cc1ccc(C)c(N2CCN(C(C)C(=O)Nc3cc(C)no3)CC2)c1. The Morgan fingerprint density at radius 2 is 1.88 bits per heavy atom. The summed E-state index contributed by atoms with van der Waals surface area (Å²) in [6.07, 6.45) is 0. The van der Waals surface area contributed by atoms with E-state index in [0.717, 1.165) is 31.9 Å². The molecular weight excluding hydrogens is 316 g/mol. The standard InChI is InChI=1S/C19H26N4O2/c1-13-5-6-14(2)17(11-13)23-9-7-22(8-10-23)16(4)19(24)20-18-12-15(3)21-25-18/h5-6,11-12,16H,7-10H2,1-4H3,(H,20,24). The van der Waals surface area contributed by atoms with Crippen LogP contribution in [0.15, 0.2) is 28.8 Å². The highest BCUT2D eigenvalue weighted by atomic mass is 16.5. The number of anilines is 2. The van der Waals surface area contributed by atoms with Gasteiger partial charge < -0.3 is 9.42 Å². The fourth-order valence-corrected chi connectivity index (χ4v) is 3.22. The van der Waals surface area contributed by atoms with Gasteiger partial charge >= 0.3 is 0 Å². The quantitative estimate of drug-likeness (QED) is 0.926. The third-order valence-corrected chi connectivity index (χ3v) is 4.82. The lowest BCUT2D eigenvalue weighted by molar-refractivity contribution is -0.121. The van der Waals surface area contributed by atoms with Gasteiger partial charge in [0.05, 0.1) is 11.7 Å². The molecule has 0 radical (unpaired) electrons. The lowest BCUT2D eigenvalue weighted by atomic mass is 10.1. The Labute approximate surface area is 148 Å². The van der Waals surface area contributed by atoms with Crippen LogP contribution in [0.5, 0.6) is 0 Å². The van der Waals surface area contributed by atoms with Crippen LogP contribution in [0, 0.1) is 20.8 Å². The van der Waals surface area contributed by atoms with E-state index in [1.165, 1.54) is 16.8 Å². The first-order chi connectivity index (χ1) is 11.9. The number of hydrogen-bond donors (Lipinski definition) is 1. The number of rotatable bonds is 4. The molecule has 1 aliphatic rings. The summed E-state index contributed by atoms with van der Waals surface area (Å²) in [6, 6.07) is 8.08. The van der Waals surface area contributed by atoms with Crippen molar-refractivity contribution >= 4 is 17.5 Å². The predicted molar refractivity (Wildman–Crippen MR) is 99.0 cm³/mol. The number of hydrogen-bond acceptors (Lipinski definition) is 5. The Hall–Kier alpha value is -2.34. The second kappa shape index (κ2) is 7.27. The Bertz CT molecular complexity index is 748. The topological polar surface area (TPSA) is 61.6 Å². The van der Waals surface area contributed by atoms with Gasteiger partial charge in [-0.15, -0.1) is 0 Å². The summed E-state index contributed by atoms with van der Waals surface area (Å²) in [5.41, 5.74) is 4.63. The lowest BCUT2D eigenvalue weighted by Gasteiger charge is -2.39. The van der Waals surface area contributed by atoms with Crippen molar-refractivity contribution in [2.24, 2.45) is 0 Å². The van der Waals surface area contributed by atoms with E-state index in [9.17, 15) is 4.79 Å². The van der Waals surface area contributed by atoms with Crippen molar-refractivity contribution in [1.29, 1.82) is 0 Å². The Kier molecular flexibility index (Phi) is 5.08. The normalized spacial score (nSPS) is 16.7. The Balaban J connectivity index is 1.57. The van der Waals surface area contributed by atoms with E-state index in [1.54, 1.807) is 6.07 Å². The number of carbonyl (C=O) groups excluding carboxylic acids is 1. The molecular formula is C19H26N4O2. The minimum Gasteiger partial charge on any atom is -0.369 e. The number of nitrogens with one attached hydrogen (secondary N) is 1. The van der Waals surface area contributed by atoms with E-state index < -0.39 is 0 Å². The van der Waals surface area contributed by atoms with Gasteiger partial charge in [0.1, 0.15) is 0 Å². The van der Waals surface area contributed by atoms with Gasteiger partial charge in [-0.3, -0.25) is 15.0 Å². The van der Waals surface area contributed by atoms with Gasteiger partial charge in [0.2, 0.25) is 11.8 Å². The monoisotopic (exact) mass is 342 g/mol. The molecule has 134 valence electrons. The van der Waals surface area contributed by atoms with Gasteiger partial charge in [-0.05, 0) is 44.9 Å². The Morgan fingerprint density at radius 1 is 1.16 bits per heavy atom. The molecule has 6 nitrogen and oxygen atoms in total. The molecule has 1 aromatic carbocycles. The van der Waals surface area contributed by atoms with Crippen molar-refractivity contribution in [2.75, 3.05) is 36.4 Å². The molecule has 1 aromatic heterocycles. The van der Waals surface area contributed by atoms with Gasteiger partial charge in [0, 0.05) is 37.9 Å². The summed E-state index contributed by atoms with van der Waals surface area (Å²) in [6.45, 7) is 11.6. The maximum Gasteiger partial charge on any atom is 0.243 e. The fraction of sp³-hybridized carbons (Fsp3) is 0.474. The third kappa shape index (κ3) is 4.02. The first-order valence-electron chi connectivity index (χ1n) is 8.74. The highest BCUT2D eigenvalue weighted by Crippen LogP contribution is 2.23. The molecule has 0 spiro atoms. The van der Waals surface area contributed by atoms with Crippen molar-refractivity contribution in [3.8, 4) is 0 Å². The van der Waals surface area contributed by atoms with Crippen LogP contribution in [-0.4, -0.2) is 48.2 Å². The van der Waals surface area contributed by atoms with Crippen molar-refractivity contribution in [2.45, 2.75) is 33.7 Å². The molecule has 0 bridgehead atoms. The number of benzene rings is 1. The molecule has 1 atom stereocenters. The van der Waals surface area contributed by atoms with Crippen LogP contribution >= 0.6 is 0 Å². The fourth-order valence-electron chi connectivity index (χ4n) is 3.22. The molecule has 1 amide bonds. The van der Waals surface area contributed by atoms with E-state index in [4.69, 9.17) is 4.52 Å². The molecule has 2 heterocycles. The zero-order chi connectivity index (χ0) is 18.0. The van der Waals surface area contributed by atoms with Crippen LogP contribution in [0.2, 0.25) is 0 Å². The molecule has 0 saturated carbocycles. The van der Waals surface area contributed by atoms with E-state index in [2.05, 4.69) is 52.3 Å². The molecule has 25 heavy (non-hydrogen) atoms. The van der Waals surface area contributed by atoms with E-state index in [1.807, 2.05) is 13.8 Å². The average molecular weight is 342 g/mol. The minimum atomic E-state index is -0.203. The molecule has 1 aliphatic heterocycles. The summed E-state index contributed by atoms with van der Waals surface area (Å²) in [4.78, 5) is 17.0. The number of nitrogens with zero attached hydrogens (tertiary/aromatic N) is 3. The highest BCUT2D eigenvalue weighted by Gasteiger charge is 2.26. The van der Waals surface area contributed by atoms with Crippen molar-refractivity contribution in [1.82, 2.24) is 10.1 Å². The molecule has 1 fully saturated rings. The van der Waals surface area contributed by atoms with E-state index in [-0.39, 0.29) is 11.9 Å². The second-order valence-corrected chi connectivity index (χ2v) is 6.81. The Morgan fingerprint density at radius 3 is 2.52 bits per heavy atom. The number of aromatic nitrogens is 1. The lowest BCUT2D eigenvalue weighted by Crippen LogP contribution is -2.53. The zero-order valence-corrected chi connectivity index (χ0v) is 15.4. The average Bonchev–Trinajstić information content (AvgIpc) is 3.01. The van der Waals surface area contributed by atoms with Crippen molar-refractivity contribution < 1.29 is 9.32 Å². The highest BCUT2D eigenvalue weighted by molar-refractivity contribution is 5.93. The summed E-state index contributed by atoms with van der Waals surface area (Å²) in [5.74, 6) is 0.347. The van der Waals surface area contributed by atoms with Gasteiger partial charge in [-0.2, -0.15) is 0 Å². The summed E-state index contributed by atoms with van der Waals surface area (Å²) < 4.78 is 5.06. The minimum absolute atomic E-state index is 0.0589. The maximum absolute atomic E-state index is 12.4. The molecule has 1 N–H and O–H groups in total. The summed E-state index contributed by atoms with van der Waals surface area (Å²) in [5, 5.41) is 6.59. The van der Waals surface area contributed by atoms with Crippen LogP contribution < -0.4 is 10.2 Å². The maximum atomic E-state index is 12.4. The number of amides is 1. The van der Waals surface area contributed by atoms with Crippen LogP contribution in [0.1, 0.15) is 23.7 Å². The smallest absolute Gasteiger partial charge is 0.243 e. The van der Waals surface area contributed by atoms with Gasteiger partial charge in [-0.1, -0.05) is 17.3 Å². The van der Waals surface area contributed by atoms with Gasteiger partial charge in [0.25, 0.3) is 0 Å². The van der Waals surface area contributed by atoms with Crippen LogP contribution in [0.3, 0.4) is 0 Å². The molecule has 1 saturated heterocycles. The first-order valence-corrected chi connectivity index (χ1v) is 8.74. The van der Waals surface area contributed by atoms with Gasteiger partial charge in [-0.25, -0.2) is 0 Å². The zero-order valence-electron chi connectivity index (χ0n) is 15.4. The van der Waals surface area contributed by atoms with Crippen LogP contribution in [-0.2, 0) is 4.79 Å². The largest absolute Gasteiger partial charge is 0.369 e. The second-order valence-electron chi connectivity index (χ2n) is 6.81. The summed E-state index contributed by atoms with van der Waals surface area (Å²) in [7, 11) is 0. The number of carbonyl (C=O) groups is 1. The summed E-state index contributed by atoms with van der Waals surface area (Å²) >= 11 is 0. The third-order valence-electron chi connectivity index (χ3n) is 4.82. The predicted octanol–water partition coefficient (Wildman–Crippen LogP) is 2.75. The van der Waals surface area contributed by atoms with Crippen molar-refractivity contribution in [3.63, 3.8) is 0 Å². The van der Waals surface area contributed by atoms with Crippen LogP contribution in [0.25, 0.3) is 0 Å². The van der Waals surface area contributed by atoms with E-state index >= 15 is 0 Å². The van der Waals surface area contributed by atoms with Crippen molar-refractivity contribution in [3.05, 3.63) is 41.1 Å². The molecule has 3 rings (SSSR count). The molecule has 2 aromatic rings.